The van der Waals surface area contributed by atoms with Crippen molar-refractivity contribution in [1.29, 1.82) is 0 Å². The van der Waals surface area contributed by atoms with Crippen LogP contribution in [0.3, 0.4) is 0 Å². The monoisotopic (exact) mass is 353 g/mol. The lowest BCUT2D eigenvalue weighted by molar-refractivity contribution is 0.0948. The van der Waals surface area contributed by atoms with Crippen LogP contribution in [0.1, 0.15) is 39.0 Å². The Bertz CT molecular complexity index is 960. The minimum atomic E-state index is -0.636. The van der Waals surface area contributed by atoms with Gasteiger partial charge in [0, 0.05) is 19.4 Å². The highest BCUT2D eigenvalue weighted by molar-refractivity contribution is 5.95. The molecule has 0 saturated carbocycles. The van der Waals surface area contributed by atoms with Crippen molar-refractivity contribution in [3.05, 3.63) is 81.0 Å². The molecule has 0 spiro atoms. The fourth-order valence-electron chi connectivity index (χ4n) is 2.65. The standard InChI is InChI=1S/C19H19N3O4/c1-12-10-13(2)25-19(24)17(12)18(23)20-9-8-16-21-15(22-26-16)11-14-6-4-3-5-7-14/h3-7,10H,8-9,11H2,1-2H3,(H,20,23). The van der Waals surface area contributed by atoms with Crippen molar-refractivity contribution in [3.8, 4) is 0 Å². The molecule has 0 atom stereocenters. The van der Waals surface area contributed by atoms with Crippen LogP contribution in [-0.4, -0.2) is 22.6 Å². The molecule has 0 bridgehead atoms. The summed E-state index contributed by atoms with van der Waals surface area (Å²) in [4.78, 5) is 28.4. The number of hydrogen-bond acceptors (Lipinski definition) is 6. The third-order valence-corrected chi connectivity index (χ3v) is 3.84. The Hall–Kier alpha value is -3.22. The van der Waals surface area contributed by atoms with Crippen molar-refractivity contribution < 1.29 is 13.7 Å². The summed E-state index contributed by atoms with van der Waals surface area (Å²) in [5, 5.41) is 6.62. The van der Waals surface area contributed by atoms with E-state index in [4.69, 9.17) is 8.94 Å². The molecule has 7 nitrogen and oxygen atoms in total. The molecule has 0 radical (unpaired) electrons. The smallest absolute Gasteiger partial charge is 0.349 e. The molecule has 7 heteroatoms. The Kier molecular flexibility index (Phi) is 5.26. The van der Waals surface area contributed by atoms with E-state index in [1.54, 1.807) is 19.9 Å². The maximum Gasteiger partial charge on any atom is 0.349 e. The van der Waals surface area contributed by atoms with Crippen molar-refractivity contribution in [2.75, 3.05) is 6.54 Å². The summed E-state index contributed by atoms with van der Waals surface area (Å²) < 4.78 is 10.2. The fraction of sp³-hybridized carbons (Fsp3) is 0.263. The third kappa shape index (κ3) is 4.24. The summed E-state index contributed by atoms with van der Waals surface area (Å²) in [5.74, 6) is 1.03. The van der Waals surface area contributed by atoms with Gasteiger partial charge in [0.05, 0.1) is 0 Å². The second kappa shape index (κ2) is 7.77. The van der Waals surface area contributed by atoms with Crippen molar-refractivity contribution in [1.82, 2.24) is 15.5 Å². The summed E-state index contributed by atoms with van der Waals surface area (Å²) >= 11 is 0. The van der Waals surface area contributed by atoms with E-state index in [2.05, 4.69) is 15.5 Å². The SMILES string of the molecule is Cc1cc(C)c(C(=O)NCCc2nc(Cc3ccccc3)no2)c(=O)o1. The maximum atomic E-state index is 12.2. The second-order valence-corrected chi connectivity index (χ2v) is 5.98. The minimum absolute atomic E-state index is 0.0193. The van der Waals surface area contributed by atoms with Crippen LogP contribution in [0.15, 0.2) is 50.1 Å². The second-order valence-electron chi connectivity index (χ2n) is 5.98. The Labute approximate surface area is 150 Å². The largest absolute Gasteiger partial charge is 0.428 e. The summed E-state index contributed by atoms with van der Waals surface area (Å²) in [6.45, 7) is 3.64. The fourth-order valence-corrected chi connectivity index (χ4v) is 2.65. The molecule has 0 fully saturated rings. The van der Waals surface area contributed by atoms with Gasteiger partial charge in [-0.1, -0.05) is 35.5 Å². The van der Waals surface area contributed by atoms with Gasteiger partial charge in [0.25, 0.3) is 5.91 Å². The van der Waals surface area contributed by atoms with Crippen LogP contribution in [0, 0.1) is 13.8 Å². The average molecular weight is 353 g/mol. The zero-order valence-corrected chi connectivity index (χ0v) is 14.6. The van der Waals surface area contributed by atoms with Gasteiger partial charge >= 0.3 is 5.63 Å². The Morgan fingerprint density at radius 1 is 1.19 bits per heavy atom. The molecule has 1 N–H and O–H groups in total. The summed E-state index contributed by atoms with van der Waals surface area (Å²) in [6.07, 6.45) is 0.962. The highest BCUT2D eigenvalue weighted by Crippen LogP contribution is 2.08. The first-order valence-corrected chi connectivity index (χ1v) is 8.28. The molecular formula is C19H19N3O4. The van der Waals surface area contributed by atoms with Crippen molar-refractivity contribution in [3.63, 3.8) is 0 Å². The van der Waals surface area contributed by atoms with Gasteiger partial charge in [0.2, 0.25) is 5.89 Å². The molecule has 0 unspecified atom stereocenters. The molecule has 0 aliphatic rings. The van der Waals surface area contributed by atoms with Crippen LogP contribution in [0.4, 0.5) is 0 Å². The van der Waals surface area contributed by atoms with Crippen LogP contribution >= 0.6 is 0 Å². The normalized spacial score (nSPS) is 10.7. The van der Waals surface area contributed by atoms with Crippen LogP contribution in [0.5, 0.6) is 0 Å². The van der Waals surface area contributed by atoms with E-state index in [0.717, 1.165) is 5.56 Å². The Morgan fingerprint density at radius 3 is 2.69 bits per heavy atom. The van der Waals surface area contributed by atoms with Crippen molar-refractivity contribution in [2.24, 2.45) is 0 Å². The number of rotatable bonds is 6. The van der Waals surface area contributed by atoms with Gasteiger partial charge in [-0.05, 0) is 31.0 Å². The summed E-state index contributed by atoms with van der Waals surface area (Å²) in [7, 11) is 0. The number of carbonyl (C=O) groups excluding carboxylic acids is 1. The molecule has 1 aromatic carbocycles. The van der Waals surface area contributed by atoms with Gasteiger partial charge in [-0.25, -0.2) is 4.79 Å². The summed E-state index contributed by atoms with van der Waals surface area (Å²) in [5.41, 5.74) is 1.06. The molecule has 2 aromatic heterocycles. The first-order chi connectivity index (χ1) is 12.5. The molecule has 0 aliphatic carbocycles. The number of hydrogen-bond donors (Lipinski definition) is 1. The topological polar surface area (TPSA) is 98.2 Å². The number of carbonyl (C=O) groups is 1. The minimum Gasteiger partial charge on any atom is -0.428 e. The molecule has 26 heavy (non-hydrogen) atoms. The van der Waals surface area contributed by atoms with Crippen LogP contribution < -0.4 is 10.9 Å². The van der Waals surface area contributed by atoms with Gasteiger partial charge in [0.15, 0.2) is 5.82 Å². The Balaban J connectivity index is 1.56. The number of amides is 1. The molecule has 0 aliphatic heterocycles. The molecule has 3 rings (SSSR count). The number of aromatic nitrogens is 2. The highest BCUT2D eigenvalue weighted by Gasteiger charge is 2.16. The molecule has 2 heterocycles. The maximum absolute atomic E-state index is 12.2. The van der Waals surface area contributed by atoms with E-state index in [1.807, 2.05) is 30.3 Å². The van der Waals surface area contributed by atoms with E-state index in [-0.39, 0.29) is 12.1 Å². The van der Waals surface area contributed by atoms with E-state index in [9.17, 15) is 9.59 Å². The number of nitrogens with zero attached hydrogens (tertiary/aromatic N) is 2. The molecule has 1 amide bonds. The molecule has 0 saturated heterocycles. The van der Waals surface area contributed by atoms with Gasteiger partial charge in [-0.3, -0.25) is 4.79 Å². The lowest BCUT2D eigenvalue weighted by Crippen LogP contribution is -2.31. The van der Waals surface area contributed by atoms with Crippen molar-refractivity contribution >= 4 is 5.91 Å². The summed E-state index contributed by atoms with van der Waals surface area (Å²) in [6, 6.07) is 11.5. The van der Waals surface area contributed by atoms with Crippen molar-refractivity contribution in [2.45, 2.75) is 26.7 Å². The molecule has 3 aromatic rings. The molecule has 134 valence electrons. The first-order valence-electron chi connectivity index (χ1n) is 8.28. The highest BCUT2D eigenvalue weighted by atomic mass is 16.5. The number of aryl methyl sites for hydroxylation is 2. The third-order valence-electron chi connectivity index (χ3n) is 3.84. The van der Waals surface area contributed by atoms with Gasteiger partial charge < -0.3 is 14.3 Å². The average Bonchev–Trinajstić information content (AvgIpc) is 3.02. The molecular weight excluding hydrogens is 334 g/mol. The quantitative estimate of drug-likeness (QED) is 0.729. The van der Waals surface area contributed by atoms with Gasteiger partial charge in [-0.2, -0.15) is 4.98 Å². The van der Waals surface area contributed by atoms with E-state index >= 15 is 0 Å². The van der Waals surface area contributed by atoms with Crippen LogP contribution in [0.25, 0.3) is 0 Å². The lowest BCUT2D eigenvalue weighted by atomic mass is 10.1. The predicted octanol–water partition coefficient (Wildman–Crippen LogP) is 2.20. The lowest BCUT2D eigenvalue weighted by Gasteiger charge is -2.05. The van der Waals surface area contributed by atoms with E-state index in [0.29, 0.717) is 35.9 Å². The van der Waals surface area contributed by atoms with E-state index < -0.39 is 11.5 Å². The number of benzene rings is 1. The van der Waals surface area contributed by atoms with Crippen LogP contribution in [0.2, 0.25) is 0 Å². The van der Waals surface area contributed by atoms with E-state index in [1.165, 1.54) is 0 Å². The van der Waals surface area contributed by atoms with Gasteiger partial charge in [0.1, 0.15) is 11.3 Å². The van der Waals surface area contributed by atoms with Gasteiger partial charge in [-0.15, -0.1) is 0 Å². The first kappa shape index (κ1) is 17.6. The predicted molar refractivity (Wildman–Crippen MR) is 94.0 cm³/mol. The Morgan fingerprint density at radius 2 is 1.96 bits per heavy atom. The zero-order valence-electron chi connectivity index (χ0n) is 14.6. The zero-order chi connectivity index (χ0) is 18.5. The van der Waals surface area contributed by atoms with Crippen LogP contribution in [-0.2, 0) is 12.8 Å². The number of nitrogens with one attached hydrogen (secondary N) is 1.